The van der Waals surface area contributed by atoms with Crippen LogP contribution in [0.4, 0.5) is 4.79 Å². The summed E-state index contributed by atoms with van der Waals surface area (Å²) in [6.07, 6.45) is 2.16. The number of urea groups is 1. The molecule has 0 aliphatic carbocycles. The fraction of sp³-hybridized carbons (Fsp3) is 0.833. The lowest BCUT2D eigenvalue weighted by molar-refractivity contribution is -0.00887. The Morgan fingerprint density at radius 2 is 2.45 bits per heavy atom. The summed E-state index contributed by atoms with van der Waals surface area (Å²) < 4.78 is 4.90. The summed E-state index contributed by atoms with van der Waals surface area (Å²) in [5.74, 6) is 0. The fourth-order valence-corrected chi connectivity index (χ4v) is 2.01. The van der Waals surface area contributed by atoms with Crippen LogP contribution in [0, 0.1) is 0 Å². The Morgan fingerprint density at radius 3 is 3.09 bits per heavy atom. The number of amides is 2. The van der Waals surface area contributed by atoms with Gasteiger partial charge in [-0.3, -0.25) is 4.62 Å². The van der Waals surface area contributed by atoms with Crippen molar-refractivity contribution >= 4 is 15.5 Å². The lowest BCUT2D eigenvalue weighted by atomic mass is 10.1. The highest BCUT2D eigenvalue weighted by atomic mass is 31.0. The van der Waals surface area contributed by atoms with Crippen LogP contribution in [0.15, 0.2) is 0 Å². The minimum atomic E-state index is 0.0162. The van der Waals surface area contributed by atoms with Crippen molar-refractivity contribution in [3.8, 4) is 0 Å². The zero-order chi connectivity index (χ0) is 7.84. The molecule has 2 amide bonds. The number of hydroxylamine groups is 2. The number of nitrogens with zero attached hydrogens (tertiary/aromatic N) is 2. The van der Waals surface area contributed by atoms with Gasteiger partial charge in [-0.15, -0.1) is 0 Å². The van der Waals surface area contributed by atoms with Gasteiger partial charge >= 0.3 is 6.03 Å². The Hall–Kier alpha value is -0.340. The van der Waals surface area contributed by atoms with Gasteiger partial charge in [0.15, 0.2) is 0 Å². The Morgan fingerprint density at radius 1 is 1.64 bits per heavy atom. The van der Waals surface area contributed by atoms with Crippen LogP contribution in [0.5, 0.6) is 0 Å². The number of piperidine rings is 1. The van der Waals surface area contributed by atoms with Gasteiger partial charge in [-0.1, -0.05) is 0 Å². The zero-order valence-corrected chi connectivity index (χ0v) is 7.35. The normalized spacial score (nSPS) is 29.9. The van der Waals surface area contributed by atoms with Crippen molar-refractivity contribution in [1.29, 1.82) is 0 Å². The standard InChI is InChI=1S/C6H11N2O2P/c9-6-7-3-1-2-5(4-7)8(6)10-11/h5H,1-4,11H2/t5-/m1/s1. The fourth-order valence-electron chi connectivity index (χ4n) is 1.75. The first-order valence-corrected chi connectivity index (χ1v) is 4.25. The molecule has 0 aromatic heterocycles. The molecule has 0 radical (unpaired) electrons. The van der Waals surface area contributed by atoms with Crippen molar-refractivity contribution in [2.45, 2.75) is 18.9 Å². The highest BCUT2D eigenvalue weighted by molar-refractivity contribution is 7.09. The Bertz CT molecular complexity index is 187. The zero-order valence-electron chi connectivity index (χ0n) is 6.19. The minimum absolute atomic E-state index is 0.0162. The third kappa shape index (κ3) is 1.01. The van der Waals surface area contributed by atoms with E-state index in [0.29, 0.717) is 0 Å². The molecule has 0 aromatic rings. The summed E-state index contributed by atoms with van der Waals surface area (Å²) in [7, 11) is 2.12. The largest absolute Gasteiger partial charge is 0.344 e. The van der Waals surface area contributed by atoms with Crippen LogP contribution in [0.1, 0.15) is 12.8 Å². The van der Waals surface area contributed by atoms with E-state index < -0.39 is 0 Å². The maximum atomic E-state index is 11.3. The lowest BCUT2D eigenvalue weighted by Crippen LogP contribution is -2.30. The second-order valence-corrected chi connectivity index (χ2v) is 3.17. The van der Waals surface area contributed by atoms with Crippen molar-refractivity contribution in [3.63, 3.8) is 0 Å². The van der Waals surface area contributed by atoms with Crippen LogP contribution in [-0.2, 0) is 4.62 Å². The van der Waals surface area contributed by atoms with Gasteiger partial charge in [-0.2, -0.15) is 5.06 Å². The van der Waals surface area contributed by atoms with Gasteiger partial charge in [0.1, 0.15) is 0 Å². The van der Waals surface area contributed by atoms with E-state index in [0.717, 1.165) is 25.9 Å². The van der Waals surface area contributed by atoms with Crippen molar-refractivity contribution in [2.75, 3.05) is 13.1 Å². The molecule has 2 atom stereocenters. The molecule has 0 aromatic carbocycles. The minimum Gasteiger partial charge on any atom is -0.321 e. The van der Waals surface area contributed by atoms with Gasteiger partial charge in [0.05, 0.1) is 6.04 Å². The van der Waals surface area contributed by atoms with Gasteiger partial charge in [-0.25, -0.2) is 4.79 Å². The van der Waals surface area contributed by atoms with E-state index in [9.17, 15) is 4.79 Å². The molecule has 2 rings (SSSR count). The van der Waals surface area contributed by atoms with E-state index in [4.69, 9.17) is 4.62 Å². The first-order valence-electron chi connectivity index (χ1n) is 3.78. The summed E-state index contributed by atoms with van der Waals surface area (Å²) in [6.45, 7) is 1.73. The molecule has 2 bridgehead atoms. The lowest BCUT2D eigenvalue weighted by Gasteiger charge is -2.20. The van der Waals surface area contributed by atoms with Gasteiger partial charge in [0, 0.05) is 22.6 Å². The molecule has 2 fully saturated rings. The molecule has 0 spiro atoms. The third-order valence-corrected chi connectivity index (χ3v) is 2.53. The highest BCUT2D eigenvalue weighted by Gasteiger charge is 2.40. The molecule has 4 nitrogen and oxygen atoms in total. The molecule has 0 saturated carbocycles. The van der Waals surface area contributed by atoms with E-state index in [1.807, 2.05) is 4.90 Å². The number of hydrogen-bond acceptors (Lipinski definition) is 2. The third-order valence-electron chi connectivity index (χ3n) is 2.30. The molecular weight excluding hydrogens is 163 g/mol. The first kappa shape index (κ1) is 7.32. The molecule has 0 N–H and O–H groups in total. The van der Waals surface area contributed by atoms with Gasteiger partial charge in [0.2, 0.25) is 0 Å². The summed E-state index contributed by atoms with van der Waals surface area (Å²) >= 11 is 0. The second kappa shape index (κ2) is 2.61. The molecule has 1 unspecified atom stereocenters. The van der Waals surface area contributed by atoms with Crippen molar-refractivity contribution in [2.24, 2.45) is 0 Å². The second-order valence-electron chi connectivity index (χ2n) is 2.96. The molecule has 2 aliphatic rings. The Labute approximate surface area is 67.7 Å². The van der Waals surface area contributed by atoms with E-state index >= 15 is 0 Å². The summed E-state index contributed by atoms with van der Waals surface area (Å²) in [6, 6.07) is 0.302. The van der Waals surface area contributed by atoms with E-state index in [1.165, 1.54) is 5.06 Å². The van der Waals surface area contributed by atoms with Gasteiger partial charge in [0.25, 0.3) is 0 Å². The van der Waals surface area contributed by atoms with Crippen molar-refractivity contribution in [3.05, 3.63) is 0 Å². The summed E-state index contributed by atoms with van der Waals surface area (Å²) in [5.41, 5.74) is 0. The highest BCUT2D eigenvalue weighted by Crippen LogP contribution is 2.26. The Balaban J connectivity index is 2.17. The predicted octanol–water partition coefficient (Wildman–Crippen LogP) is 0.608. The van der Waals surface area contributed by atoms with E-state index in [2.05, 4.69) is 9.47 Å². The summed E-state index contributed by atoms with van der Waals surface area (Å²) in [4.78, 5) is 13.2. The molecular formula is C6H11N2O2P. The quantitative estimate of drug-likeness (QED) is 0.545. The number of rotatable bonds is 1. The first-order chi connectivity index (χ1) is 5.33. The average molecular weight is 174 g/mol. The van der Waals surface area contributed by atoms with E-state index in [-0.39, 0.29) is 12.1 Å². The number of carbonyl (C=O) groups excluding carboxylic acids is 1. The Kier molecular flexibility index (Phi) is 1.74. The van der Waals surface area contributed by atoms with Crippen LogP contribution in [0.25, 0.3) is 0 Å². The van der Waals surface area contributed by atoms with Crippen LogP contribution in [0.3, 0.4) is 0 Å². The van der Waals surface area contributed by atoms with E-state index in [1.54, 1.807) is 0 Å². The van der Waals surface area contributed by atoms with Crippen LogP contribution in [0.2, 0.25) is 0 Å². The van der Waals surface area contributed by atoms with Crippen molar-refractivity contribution < 1.29 is 9.42 Å². The van der Waals surface area contributed by atoms with Crippen LogP contribution >= 0.6 is 9.47 Å². The van der Waals surface area contributed by atoms with Crippen LogP contribution in [-0.4, -0.2) is 35.1 Å². The maximum Gasteiger partial charge on any atom is 0.344 e. The smallest absolute Gasteiger partial charge is 0.321 e. The summed E-state index contributed by atoms with van der Waals surface area (Å²) in [5, 5.41) is 1.46. The number of carbonyl (C=O) groups is 1. The van der Waals surface area contributed by atoms with Crippen molar-refractivity contribution in [1.82, 2.24) is 9.96 Å². The monoisotopic (exact) mass is 174 g/mol. The predicted molar refractivity (Wildman–Crippen MR) is 42.6 cm³/mol. The molecule has 2 saturated heterocycles. The number of hydrogen-bond donors (Lipinski definition) is 0. The van der Waals surface area contributed by atoms with Gasteiger partial charge in [-0.05, 0) is 12.8 Å². The molecule has 62 valence electrons. The molecule has 2 heterocycles. The number of fused-ring (bicyclic) bond motifs is 2. The van der Waals surface area contributed by atoms with Crippen LogP contribution < -0.4 is 0 Å². The SMILES string of the molecule is O=C1N2CCC[C@H](C2)N1OP. The molecule has 2 aliphatic heterocycles. The average Bonchev–Trinajstić information content (AvgIpc) is 2.25. The topological polar surface area (TPSA) is 32.8 Å². The van der Waals surface area contributed by atoms with Gasteiger partial charge < -0.3 is 4.90 Å². The molecule has 5 heteroatoms. The molecule has 11 heavy (non-hydrogen) atoms. The maximum absolute atomic E-state index is 11.3.